The van der Waals surface area contributed by atoms with Crippen LogP contribution in [0.25, 0.3) is 11.5 Å². The van der Waals surface area contributed by atoms with Gasteiger partial charge in [0, 0.05) is 4.90 Å². The number of hydrogen-bond donors (Lipinski definition) is 1. The fourth-order valence-corrected chi connectivity index (χ4v) is 3.87. The largest absolute Gasteiger partial charge is 0.434 e. The average molecular weight is 494 g/mol. The Morgan fingerprint density at radius 1 is 1.12 bits per heavy atom. The second-order valence-corrected chi connectivity index (χ2v) is 8.06. The molecule has 0 saturated heterocycles. The Hall–Kier alpha value is -3.38. The van der Waals surface area contributed by atoms with Crippen molar-refractivity contribution in [2.45, 2.75) is 18.0 Å². The van der Waals surface area contributed by atoms with E-state index in [1.54, 1.807) is 19.1 Å². The van der Waals surface area contributed by atoms with Gasteiger partial charge in [-0.05, 0) is 43.0 Å². The summed E-state index contributed by atoms with van der Waals surface area (Å²) in [6.07, 6.45) is 2.02. The second kappa shape index (κ2) is 8.87. The van der Waals surface area contributed by atoms with Crippen LogP contribution in [0.1, 0.15) is 21.6 Å². The number of anilines is 1. The van der Waals surface area contributed by atoms with E-state index in [1.807, 2.05) is 6.26 Å². The maximum absolute atomic E-state index is 14.0. The van der Waals surface area contributed by atoms with Crippen LogP contribution in [0.15, 0.2) is 53.9 Å². The maximum Gasteiger partial charge on any atom is 0.434 e. The average Bonchev–Trinajstić information content (AvgIpc) is 3.43. The smallest absolute Gasteiger partial charge is 0.320 e. The van der Waals surface area contributed by atoms with Crippen LogP contribution < -0.4 is 5.32 Å². The minimum Gasteiger partial charge on any atom is -0.320 e. The van der Waals surface area contributed by atoms with Crippen molar-refractivity contribution in [2.75, 3.05) is 11.6 Å². The third-order valence-corrected chi connectivity index (χ3v) is 5.61. The summed E-state index contributed by atoms with van der Waals surface area (Å²) >= 11 is 7.63. The van der Waals surface area contributed by atoms with Gasteiger partial charge in [-0.2, -0.15) is 28.5 Å². The van der Waals surface area contributed by atoms with Crippen LogP contribution in [0.3, 0.4) is 0 Å². The quantitative estimate of drug-likeness (QED) is 0.401. The molecule has 1 N–H and O–H groups in total. The minimum absolute atomic E-state index is 0.0975. The molecular formula is C20H15ClF3N7OS. The molecule has 0 aliphatic rings. The van der Waals surface area contributed by atoms with Crippen LogP contribution in [-0.4, -0.2) is 41.9 Å². The number of carbonyl (C=O) groups excluding carboxylic acids is 1. The van der Waals surface area contributed by atoms with E-state index in [-0.39, 0.29) is 22.2 Å². The van der Waals surface area contributed by atoms with Crippen molar-refractivity contribution in [3.63, 3.8) is 0 Å². The Morgan fingerprint density at radius 2 is 1.85 bits per heavy atom. The highest BCUT2D eigenvalue weighted by Crippen LogP contribution is 2.35. The minimum atomic E-state index is -4.83. The number of amides is 1. The second-order valence-electron chi connectivity index (χ2n) is 6.77. The normalized spacial score (nSPS) is 11.6. The number of benzene rings is 1. The first-order valence-corrected chi connectivity index (χ1v) is 10.9. The van der Waals surface area contributed by atoms with E-state index in [0.29, 0.717) is 5.56 Å². The number of carbonyl (C=O) groups is 1. The topological polar surface area (TPSA) is 90.5 Å². The summed E-state index contributed by atoms with van der Waals surface area (Å²) in [5.41, 5.74) is -0.912. The zero-order chi connectivity index (χ0) is 23.8. The molecule has 4 rings (SSSR count). The van der Waals surface area contributed by atoms with E-state index < -0.39 is 23.3 Å². The zero-order valence-electron chi connectivity index (χ0n) is 17.1. The van der Waals surface area contributed by atoms with Gasteiger partial charge in [-0.15, -0.1) is 16.6 Å². The molecule has 1 amide bonds. The van der Waals surface area contributed by atoms with Gasteiger partial charge in [0.15, 0.2) is 11.5 Å². The molecular weight excluding hydrogens is 479 g/mol. The van der Waals surface area contributed by atoms with Crippen molar-refractivity contribution in [3.8, 4) is 11.5 Å². The van der Waals surface area contributed by atoms with E-state index in [9.17, 15) is 18.0 Å². The lowest BCUT2D eigenvalue weighted by atomic mass is 10.1. The van der Waals surface area contributed by atoms with Crippen molar-refractivity contribution in [1.29, 1.82) is 0 Å². The molecule has 0 atom stereocenters. The predicted octanol–water partition coefficient (Wildman–Crippen LogP) is 4.80. The number of nitrogens with one attached hydrogen (secondary N) is 1. The molecule has 0 aliphatic carbocycles. The lowest BCUT2D eigenvalue weighted by Gasteiger charge is -2.15. The van der Waals surface area contributed by atoms with Crippen molar-refractivity contribution in [2.24, 2.45) is 0 Å². The molecule has 0 bridgehead atoms. The van der Waals surface area contributed by atoms with Gasteiger partial charge in [0.05, 0.1) is 46.7 Å². The van der Waals surface area contributed by atoms with Crippen LogP contribution in [0.4, 0.5) is 18.9 Å². The molecule has 0 spiro atoms. The molecule has 1 aromatic carbocycles. The molecule has 0 saturated carbocycles. The van der Waals surface area contributed by atoms with Gasteiger partial charge in [0.1, 0.15) is 0 Å². The van der Waals surface area contributed by atoms with Crippen LogP contribution >= 0.6 is 23.4 Å². The van der Waals surface area contributed by atoms with E-state index >= 15 is 0 Å². The van der Waals surface area contributed by atoms with Gasteiger partial charge in [0.25, 0.3) is 5.91 Å². The molecule has 0 fully saturated rings. The highest BCUT2D eigenvalue weighted by atomic mass is 35.5. The number of hydrogen-bond acceptors (Lipinski definition) is 6. The Morgan fingerprint density at radius 3 is 2.45 bits per heavy atom. The molecule has 8 nitrogen and oxygen atoms in total. The van der Waals surface area contributed by atoms with Crippen molar-refractivity contribution in [3.05, 3.63) is 70.9 Å². The summed E-state index contributed by atoms with van der Waals surface area (Å²) < 4.78 is 42.7. The first kappa shape index (κ1) is 22.8. The van der Waals surface area contributed by atoms with E-state index in [1.165, 1.54) is 47.3 Å². The van der Waals surface area contributed by atoms with Gasteiger partial charge in [-0.3, -0.25) is 4.79 Å². The Balaban J connectivity index is 1.68. The number of halogens is 4. The fraction of sp³-hybridized carbons (Fsp3) is 0.150. The van der Waals surface area contributed by atoms with Gasteiger partial charge < -0.3 is 5.32 Å². The summed E-state index contributed by atoms with van der Waals surface area (Å²) in [5.74, 6) is -0.803. The summed E-state index contributed by atoms with van der Waals surface area (Å²) in [6.45, 7) is 1.68. The number of thioether (sulfide) groups is 1. The number of aryl methyl sites for hydroxylation is 1. The summed E-state index contributed by atoms with van der Waals surface area (Å²) in [7, 11) is 0. The lowest BCUT2D eigenvalue weighted by Crippen LogP contribution is -2.21. The van der Waals surface area contributed by atoms with E-state index in [4.69, 9.17) is 11.6 Å². The Labute approximate surface area is 194 Å². The SMILES string of the molecule is CSc1ccc(-n2ncc(C(=O)Nc3cnc(-n4nccn4)c(Cl)c3)c2C(F)(F)F)c(C)c1. The van der Waals surface area contributed by atoms with Crippen molar-refractivity contribution < 1.29 is 18.0 Å². The number of aromatic nitrogens is 6. The van der Waals surface area contributed by atoms with E-state index in [0.717, 1.165) is 15.8 Å². The third kappa shape index (κ3) is 4.57. The molecule has 4 aromatic rings. The summed E-state index contributed by atoms with van der Waals surface area (Å²) in [4.78, 5) is 18.9. The molecule has 3 heterocycles. The lowest BCUT2D eigenvalue weighted by molar-refractivity contribution is -0.143. The number of nitrogens with zero attached hydrogens (tertiary/aromatic N) is 6. The standard InChI is InChI=1S/C20H15ClF3N7OS/c1-11-7-13(33-2)3-4-16(11)30-17(20(22,23)24)14(10-28-30)19(32)29-12-8-15(21)18(25-9-12)31-26-5-6-27-31/h3-10H,1-2H3,(H,29,32). The highest BCUT2D eigenvalue weighted by molar-refractivity contribution is 7.98. The van der Waals surface area contributed by atoms with Crippen LogP contribution in [-0.2, 0) is 6.18 Å². The molecule has 3 aromatic heterocycles. The number of alkyl halides is 3. The molecule has 13 heteroatoms. The third-order valence-electron chi connectivity index (χ3n) is 4.60. The van der Waals surface area contributed by atoms with Crippen LogP contribution in [0.2, 0.25) is 5.02 Å². The van der Waals surface area contributed by atoms with Gasteiger partial charge in [-0.1, -0.05) is 11.6 Å². The Kier molecular flexibility index (Phi) is 6.13. The van der Waals surface area contributed by atoms with Crippen molar-refractivity contribution >= 4 is 35.0 Å². The van der Waals surface area contributed by atoms with Gasteiger partial charge in [0.2, 0.25) is 0 Å². The van der Waals surface area contributed by atoms with Crippen LogP contribution in [0.5, 0.6) is 0 Å². The van der Waals surface area contributed by atoms with E-state index in [2.05, 4.69) is 25.6 Å². The maximum atomic E-state index is 14.0. The molecule has 0 aliphatic heterocycles. The predicted molar refractivity (Wildman–Crippen MR) is 117 cm³/mol. The molecule has 33 heavy (non-hydrogen) atoms. The van der Waals surface area contributed by atoms with Crippen LogP contribution in [0, 0.1) is 6.92 Å². The first-order valence-electron chi connectivity index (χ1n) is 9.33. The number of rotatable bonds is 5. The van der Waals surface area contributed by atoms with Crippen molar-refractivity contribution in [1.82, 2.24) is 29.8 Å². The molecule has 170 valence electrons. The first-order chi connectivity index (χ1) is 15.7. The monoisotopic (exact) mass is 493 g/mol. The van der Waals surface area contributed by atoms with Gasteiger partial charge in [-0.25, -0.2) is 9.67 Å². The summed E-state index contributed by atoms with van der Waals surface area (Å²) in [6, 6.07) is 6.33. The van der Waals surface area contributed by atoms with Gasteiger partial charge >= 0.3 is 6.18 Å². The molecule has 0 radical (unpaired) electrons. The highest BCUT2D eigenvalue weighted by Gasteiger charge is 2.40. The molecule has 0 unspecified atom stereocenters. The Bertz CT molecular complexity index is 1320. The fourth-order valence-electron chi connectivity index (χ4n) is 3.13. The summed E-state index contributed by atoms with van der Waals surface area (Å²) in [5, 5.41) is 14.2. The number of pyridine rings is 1. The zero-order valence-corrected chi connectivity index (χ0v) is 18.7.